The van der Waals surface area contributed by atoms with Gasteiger partial charge in [0.05, 0.1) is 18.2 Å². The van der Waals surface area contributed by atoms with Gasteiger partial charge < -0.3 is 15.3 Å². The molecule has 0 aliphatic carbocycles. The Bertz CT molecular complexity index is 375. The zero-order chi connectivity index (χ0) is 12.1. The maximum absolute atomic E-state index is 10.3. The van der Waals surface area contributed by atoms with Gasteiger partial charge in [-0.2, -0.15) is 0 Å². The molecule has 0 amide bonds. The Hall–Kier alpha value is -1.79. The van der Waals surface area contributed by atoms with Crippen LogP contribution in [-0.4, -0.2) is 38.7 Å². The van der Waals surface area contributed by atoms with Gasteiger partial charge in [-0.05, 0) is 12.1 Å². The molecule has 1 aromatic rings. The zero-order valence-electron chi connectivity index (χ0n) is 8.28. The SMILES string of the molecule is O=Cc1ccc(C(O)C(O)CC(=O)O)nc1. The predicted octanol–water partition coefficient (Wildman–Crippen LogP) is -0.237. The smallest absolute Gasteiger partial charge is 0.306 e. The summed E-state index contributed by atoms with van der Waals surface area (Å²) in [7, 11) is 0. The van der Waals surface area contributed by atoms with E-state index in [0.29, 0.717) is 11.8 Å². The van der Waals surface area contributed by atoms with E-state index in [9.17, 15) is 19.8 Å². The van der Waals surface area contributed by atoms with Gasteiger partial charge in [0, 0.05) is 11.8 Å². The van der Waals surface area contributed by atoms with Gasteiger partial charge in [-0.15, -0.1) is 0 Å². The molecule has 1 rings (SSSR count). The summed E-state index contributed by atoms with van der Waals surface area (Å²) in [5.74, 6) is -1.21. The summed E-state index contributed by atoms with van der Waals surface area (Å²) in [5.41, 5.74) is 0.461. The molecule has 86 valence electrons. The van der Waals surface area contributed by atoms with Crippen LogP contribution >= 0.6 is 0 Å². The number of aliphatic hydroxyl groups excluding tert-OH is 2. The molecule has 1 aromatic heterocycles. The highest BCUT2D eigenvalue weighted by Crippen LogP contribution is 2.16. The van der Waals surface area contributed by atoms with E-state index in [1.807, 2.05) is 0 Å². The Morgan fingerprint density at radius 3 is 2.56 bits per heavy atom. The average molecular weight is 225 g/mol. The molecule has 0 aliphatic heterocycles. The van der Waals surface area contributed by atoms with Crippen LogP contribution in [0.2, 0.25) is 0 Å². The number of carboxylic acids is 1. The highest BCUT2D eigenvalue weighted by Gasteiger charge is 2.21. The van der Waals surface area contributed by atoms with Crippen molar-refractivity contribution in [2.45, 2.75) is 18.6 Å². The molecular formula is C10H11NO5. The van der Waals surface area contributed by atoms with E-state index >= 15 is 0 Å². The number of nitrogens with zero attached hydrogens (tertiary/aromatic N) is 1. The predicted molar refractivity (Wildman–Crippen MR) is 52.8 cm³/mol. The van der Waals surface area contributed by atoms with Crippen LogP contribution in [0.3, 0.4) is 0 Å². The minimum atomic E-state index is -1.42. The van der Waals surface area contributed by atoms with Gasteiger partial charge in [0.25, 0.3) is 0 Å². The van der Waals surface area contributed by atoms with Gasteiger partial charge in [-0.25, -0.2) is 0 Å². The molecule has 0 aliphatic rings. The molecule has 0 fully saturated rings. The summed E-state index contributed by atoms with van der Waals surface area (Å²) in [5, 5.41) is 27.3. The molecule has 3 N–H and O–H groups in total. The minimum Gasteiger partial charge on any atom is -0.481 e. The fourth-order valence-electron chi connectivity index (χ4n) is 1.15. The van der Waals surface area contributed by atoms with Crippen molar-refractivity contribution in [3.63, 3.8) is 0 Å². The average Bonchev–Trinajstić information content (AvgIpc) is 2.27. The van der Waals surface area contributed by atoms with Crippen molar-refractivity contribution in [2.24, 2.45) is 0 Å². The van der Waals surface area contributed by atoms with Crippen molar-refractivity contribution in [1.82, 2.24) is 4.98 Å². The van der Waals surface area contributed by atoms with Crippen LogP contribution in [0.1, 0.15) is 28.6 Å². The largest absolute Gasteiger partial charge is 0.481 e. The number of hydrogen-bond acceptors (Lipinski definition) is 5. The van der Waals surface area contributed by atoms with Crippen molar-refractivity contribution in [3.05, 3.63) is 29.6 Å². The molecule has 16 heavy (non-hydrogen) atoms. The van der Waals surface area contributed by atoms with E-state index in [4.69, 9.17) is 5.11 Å². The molecule has 0 saturated carbocycles. The molecule has 2 unspecified atom stereocenters. The van der Waals surface area contributed by atoms with Gasteiger partial charge in [-0.1, -0.05) is 0 Å². The number of carbonyl (C=O) groups excluding carboxylic acids is 1. The van der Waals surface area contributed by atoms with Crippen LogP contribution in [0.15, 0.2) is 18.3 Å². The number of aromatic nitrogens is 1. The van der Waals surface area contributed by atoms with E-state index in [1.54, 1.807) is 0 Å². The first-order valence-corrected chi connectivity index (χ1v) is 4.53. The normalized spacial score (nSPS) is 14.1. The quantitative estimate of drug-likeness (QED) is 0.597. The second-order valence-electron chi connectivity index (χ2n) is 3.24. The van der Waals surface area contributed by atoms with Gasteiger partial charge in [0.15, 0.2) is 6.29 Å². The molecule has 6 nitrogen and oxygen atoms in total. The highest BCUT2D eigenvalue weighted by atomic mass is 16.4. The molecule has 0 radical (unpaired) electrons. The van der Waals surface area contributed by atoms with Crippen molar-refractivity contribution < 1.29 is 24.9 Å². The lowest BCUT2D eigenvalue weighted by Gasteiger charge is -2.15. The standard InChI is InChI=1S/C10H11NO5/c12-5-6-1-2-7(11-4-6)10(16)8(13)3-9(14)15/h1-2,4-5,8,10,13,16H,3H2,(H,14,15). The Balaban J connectivity index is 2.75. The second kappa shape index (κ2) is 5.34. The Labute approximate surface area is 91.2 Å². The van der Waals surface area contributed by atoms with Crippen LogP contribution in [-0.2, 0) is 4.79 Å². The van der Waals surface area contributed by atoms with Crippen molar-refractivity contribution in [1.29, 1.82) is 0 Å². The monoisotopic (exact) mass is 225 g/mol. The summed E-state index contributed by atoms with van der Waals surface area (Å²) >= 11 is 0. The Morgan fingerprint density at radius 1 is 1.44 bits per heavy atom. The third kappa shape index (κ3) is 3.11. The van der Waals surface area contributed by atoms with Gasteiger partial charge >= 0.3 is 5.97 Å². The number of carboxylic acid groups (broad SMARTS) is 1. The maximum atomic E-state index is 10.3. The topological polar surface area (TPSA) is 108 Å². The summed E-state index contributed by atoms with van der Waals surface area (Å²) in [6.45, 7) is 0. The molecular weight excluding hydrogens is 214 g/mol. The van der Waals surface area contributed by atoms with Crippen molar-refractivity contribution >= 4 is 12.3 Å². The number of aldehydes is 1. The number of pyridine rings is 1. The van der Waals surface area contributed by atoms with Crippen molar-refractivity contribution in [2.75, 3.05) is 0 Å². The van der Waals surface area contributed by atoms with E-state index in [1.165, 1.54) is 18.3 Å². The zero-order valence-corrected chi connectivity index (χ0v) is 8.28. The molecule has 0 saturated heterocycles. The summed E-state index contributed by atoms with van der Waals surface area (Å²) in [6.07, 6.45) is -1.54. The van der Waals surface area contributed by atoms with E-state index in [-0.39, 0.29) is 5.69 Å². The summed E-state index contributed by atoms with van der Waals surface area (Å²) < 4.78 is 0. The number of rotatable bonds is 5. The third-order valence-electron chi connectivity index (χ3n) is 2.00. The molecule has 1 heterocycles. The summed E-state index contributed by atoms with van der Waals surface area (Å²) in [4.78, 5) is 24.4. The van der Waals surface area contributed by atoms with Gasteiger partial charge in [-0.3, -0.25) is 14.6 Å². The Kier molecular flexibility index (Phi) is 4.10. The molecule has 0 aromatic carbocycles. The molecule has 0 bridgehead atoms. The number of aliphatic hydroxyl groups is 2. The highest BCUT2D eigenvalue weighted by molar-refractivity contribution is 5.73. The first-order chi connectivity index (χ1) is 7.54. The lowest BCUT2D eigenvalue weighted by molar-refractivity contribution is -0.141. The first-order valence-electron chi connectivity index (χ1n) is 4.53. The number of hydrogen-bond donors (Lipinski definition) is 3. The second-order valence-corrected chi connectivity index (χ2v) is 3.24. The molecule has 0 spiro atoms. The van der Waals surface area contributed by atoms with Crippen LogP contribution < -0.4 is 0 Å². The van der Waals surface area contributed by atoms with Gasteiger partial charge in [0.2, 0.25) is 0 Å². The molecule has 2 atom stereocenters. The van der Waals surface area contributed by atoms with E-state index in [0.717, 1.165) is 0 Å². The summed E-state index contributed by atoms with van der Waals surface area (Å²) in [6, 6.07) is 2.78. The van der Waals surface area contributed by atoms with Crippen LogP contribution in [0.4, 0.5) is 0 Å². The van der Waals surface area contributed by atoms with Crippen LogP contribution in [0, 0.1) is 0 Å². The lowest BCUT2D eigenvalue weighted by Crippen LogP contribution is -2.22. The number of aliphatic carboxylic acids is 1. The minimum absolute atomic E-state index is 0.124. The van der Waals surface area contributed by atoms with Crippen molar-refractivity contribution in [3.8, 4) is 0 Å². The van der Waals surface area contributed by atoms with E-state index in [2.05, 4.69) is 4.98 Å². The van der Waals surface area contributed by atoms with Gasteiger partial charge in [0.1, 0.15) is 6.10 Å². The lowest BCUT2D eigenvalue weighted by atomic mass is 10.1. The number of carbonyl (C=O) groups is 2. The van der Waals surface area contributed by atoms with Crippen LogP contribution in [0.5, 0.6) is 0 Å². The van der Waals surface area contributed by atoms with Crippen LogP contribution in [0.25, 0.3) is 0 Å². The maximum Gasteiger partial charge on any atom is 0.306 e. The Morgan fingerprint density at radius 2 is 2.12 bits per heavy atom. The fourth-order valence-corrected chi connectivity index (χ4v) is 1.15. The molecule has 6 heteroatoms. The third-order valence-corrected chi connectivity index (χ3v) is 2.00. The van der Waals surface area contributed by atoms with E-state index < -0.39 is 24.6 Å². The fraction of sp³-hybridized carbons (Fsp3) is 0.300. The first kappa shape index (κ1) is 12.3.